The van der Waals surface area contributed by atoms with Gasteiger partial charge in [-0.15, -0.1) is 0 Å². The van der Waals surface area contributed by atoms with Crippen LogP contribution in [0, 0.1) is 0 Å². The molecule has 2 rings (SSSR count). The maximum Gasteiger partial charge on any atom is 0.260 e. The number of halogens is 1. The van der Waals surface area contributed by atoms with Gasteiger partial charge < -0.3 is 10.1 Å². The van der Waals surface area contributed by atoms with E-state index in [4.69, 9.17) is 16.3 Å². The molecule has 1 aliphatic rings. The van der Waals surface area contributed by atoms with Gasteiger partial charge in [0.05, 0.1) is 0 Å². The summed E-state index contributed by atoms with van der Waals surface area (Å²) in [4.78, 5) is 12.1. The molecule has 0 bridgehead atoms. The van der Waals surface area contributed by atoms with Gasteiger partial charge in [0, 0.05) is 11.1 Å². The lowest BCUT2D eigenvalue weighted by Gasteiger charge is -2.20. The quantitative estimate of drug-likeness (QED) is 0.854. The Morgan fingerprint density at radius 2 is 1.80 bits per heavy atom. The van der Waals surface area contributed by atoms with Crippen molar-refractivity contribution in [3.8, 4) is 5.75 Å². The van der Waals surface area contributed by atoms with E-state index in [1.54, 1.807) is 31.2 Å². The zero-order valence-corrected chi connectivity index (χ0v) is 12.7. The Balaban J connectivity index is 1.83. The lowest BCUT2D eigenvalue weighted by atomic mass is 10.1. The minimum Gasteiger partial charge on any atom is -0.481 e. The molecule has 20 heavy (non-hydrogen) atoms. The van der Waals surface area contributed by atoms with Crippen LogP contribution in [0.15, 0.2) is 24.3 Å². The summed E-state index contributed by atoms with van der Waals surface area (Å²) in [5, 5.41) is 3.76. The number of ether oxygens (including phenoxy) is 1. The summed E-state index contributed by atoms with van der Waals surface area (Å²) in [6.07, 6.45) is 6.65. The third kappa shape index (κ3) is 4.71. The van der Waals surface area contributed by atoms with Gasteiger partial charge in [0.1, 0.15) is 5.75 Å². The molecule has 1 unspecified atom stereocenters. The average Bonchev–Trinajstić information content (AvgIpc) is 2.70. The van der Waals surface area contributed by atoms with Crippen LogP contribution in [0.5, 0.6) is 5.75 Å². The number of amides is 1. The van der Waals surface area contributed by atoms with Crippen molar-refractivity contribution in [1.82, 2.24) is 5.32 Å². The molecule has 1 fully saturated rings. The number of hydrogen-bond acceptors (Lipinski definition) is 2. The molecule has 1 aliphatic carbocycles. The predicted molar refractivity (Wildman–Crippen MR) is 81.2 cm³/mol. The lowest BCUT2D eigenvalue weighted by Crippen LogP contribution is -2.42. The van der Waals surface area contributed by atoms with Gasteiger partial charge in [-0.1, -0.05) is 37.3 Å². The third-order valence-corrected chi connectivity index (χ3v) is 3.95. The zero-order chi connectivity index (χ0) is 14.4. The Bertz CT molecular complexity index is 425. The molecule has 0 radical (unpaired) electrons. The Labute approximate surface area is 125 Å². The average molecular weight is 296 g/mol. The highest BCUT2D eigenvalue weighted by atomic mass is 35.5. The van der Waals surface area contributed by atoms with Gasteiger partial charge in [0.25, 0.3) is 5.91 Å². The molecule has 1 atom stereocenters. The molecular formula is C16H22ClNO2. The van der Waals surface area contributed by atoms with E-state index in [9.17, 15) is 4.79 Å². The first-order chi connectivity index (χ1) is 9.65. The summed E-state index contributed by atoms with van der Waals surface area (Å²) < 4.78 is 5.63. The van der Waals surface area contributed by atoms with Gasteiger partial charge in [0.15, 0.2) is 6.10 Å². The summed E-state index contributed by atoms with van der Waals surface area (Å²) >= 11 is 5.82. The van der Waals surface area contributed by atoms with Crippen molar-refractivity contribution in [2.75, 3.05) is 0 Å². The maximum atomic E-state index is 12.1. The molecule has 3 nitrogen and oxygen atoms in total. The van der Waals surface area contributed by atoms with E-state index >= 15 is 0 Å². The number of benzene rings is 1. The summed E-state index contributed by atoms with van der Waals surface area (Å²) in [6, 6.07) is 7.37. The van der Waals surface area contributed by atoms with E-state index in [2.05, 4.69) is 5.32 Å². The van der Waals surface area contributed by atoms with E-state index in [0.717, 1.165) is 12.8 Å². The molecule has 0 aromatic heterocycles. The monoisotopic (exact) mass is 295 g/mol. The van der Waals surface area contributed by atoms with E-state index in [1.807, 2.05) is 0 Å². The Hall–Kier alpha value is -1.22. The standard InChI is InChI=1S/C16H22ClNO2/c1-12(20-15-10-8-13(17)9-11-15)16(19)18-14-6-4-2-3-5-7-14/h8-12,14H,2-7H2,1H3,(H,18,19). The number of nitrogens with one attached hydrogen (secondary N) is 1. The van der Waals surface area contributed by atoms with E-state index in [0.29, 0.717) is 16.8 Å². The molecule has 0 spiro atoms. The minimum atomic E-state index is -0.487. The first-order valence-electron chi connectivity index (χ1n) is 7.38. The second-order valence-corrected chi connectivity index (χ2v) is 5.85. The number of carbonyl (C=O) groups is 1. The fourth-order valence-electron chi connectivity index (χ4n) is 2.51. The van der Waals surface area contributed by atoms with Crippen LogP contribution in [0.25, 0.3) is 0 Å². The van der Waals surface area contributed by atoms with E-state index < -0.39 is 6.10 Å². The second-order valence-electron chi connectivity index (χ2n) is 5.41. The van der Waals surface area contributed by atoms with Crippen LogP contribution in [-0.2, 0) is 4.79 Å². The molecule has 0 saturated heterocycles. The maximum absolute atomic E-state index is 12.1. The van der Waals surface area contributed by atoms with Crippen molar-refractivity contribution in [3.63, 3.8) is 0 Å². The van der Waals surface area contributed by atoms with E-state index in [1.165, 1.54) is 25.7 Å². The van der Waals surface area contributed by atoms with Crippen LogP contribution in [0.3, 0.4) is 0 Å². The van der Waals surface area contributed by atoms with Crippen LogP contribution < -0.4 is 10.1 Å². The molecular weight excluding hydrogens is 274 g/mol. The number of rotatable bonds is 4. The van der Waals surface area contributed by atoms with Crippen LogP contribution >= 0.6 is 11.6 Å². The highest BCUT2D eigenvalue weighted by molar-refractivity contribution is 6.30. The van der Waals surface area contributed by atoms with Crippen molar-refractivity contribution in [3.05, 3.63) is 29.3 Å². The topological polar surface area (TPSA) is 38.3 Å². The number of carbonyl (C=O) groups excluding carboxylic acids is 1. The van der Waals surface area contributed by atoms with Crippen LogP contribution in [-0.4, -0.2) is 18.1 Å². The molecule has 4 heteroatoms. The van der Waals surface area contributed by atoms with E-state index in [-0.39, 0.29) is 5.91 Å². The zero-order valence-electron chi connectivity index (χ0n) is 11.9. The summed E-state index contributed by atoms with van der Waals surface area (Å²) in [5.41, 5.74) is 0. The SMILES string of the molecule is CC(Oc1ccc(Cl)cc1)C(=O)NC1CCCCCC1. The molecule has 1 saturated carbocycles. The van der Waals surface area contributed by atoms with Crippen LogP contribution in [0.4, 0.5) is 0 Å². The van der Waals surface area contributed by atoms with Gasteiger partial charge in [-0.25, -0.2) is 0 Å². The highest BCUT2D eigenvalue weighted by Gasteiger charge is 2.19. The molecule has 1 aromatic carbocycles. The molecule has 0 heterocycles. The van der Waals surface area contributed by atoms with Gasteiger partial charge >= 0.3 is 0 Å². The van der Waals surface area contributed by atoms with Gasteiger partial charge in [0.2, 0.25) is 0 Å². The van der Waals surface area contributed by atoms with Crippen molar-refractivity contribution < 1.29 is 9.53 Å². The molecule has 1 N–H and O–H groups in total. The van der Waals surface area contributed by atoms with Crippen molar-refractivity contribution in [2.24, 2.45) is 0 Å². The van der Waals surface area contributed by atoms with Crippen LogP contribution in [0.1, 0.15) is 45.4 Å². The van der Waals surface area contributed by atoms with Gasteiger partial charge in [-0.3, -0.25) is 4.79 Å². The minimum absolute atomic E-state index is 0.0353. The van der Waals surface area contributed by atoms with Crippen molar-refractivity contribution in [1.29, 1.82) is 0 Å². The summed E-state index contributed by atoms with van der Waals surface area (Å²) in [6.45, 7) is 1.78. The fourth-order valence-corrected chi connectivity index (χ4v) is 2.64. The first kappa shape index (κ1) is 15.2. The third-order valence-electron chi connectivity index (χ3n) is 3.70. The second kappa shape index (κ2) is 7.53. The predicted octanol–water partition coefficient (Wildman–Crippen LogP) is 3.95. The number of hydrogen-bond donors (Lipinski definition) is 1. The largest absolute Gasteiger partial charge is 0.481 e. The summed E-state index contributed by atoms with van der Waals surface area (Å²) in [5.74, 6) is 0.629. The normalized spacial score (nSPS) is 18.1. The summed E-state index contributed by atoms with van der Waals surface area (Å²) in [7, 11) is 0. The Morgan fingerprint density at radius 3 is 2.40 bits per heavy atom. The van der Waals surface area contributed by atoms with Crippen molar-refractivity contribution in [2.45, 2.75) is 57.6 Å². The van der Waals surface area contributed by atoms with Gasteiger partial charge in [-0.05, 0) is 44.0 Å². The smallest absolute Gasteiger partial charge is 0.260 e. The lowest BCUT2D eigenvalue weighted by molar-refractivity contribution is -0.128. The molecule has 1 amide bonds. The van der Waals surface area contributed by atoms with Gasteiger partial charge in [-0.2, -0.15) is 0 Å². The van der Waals surface area contributed by atoms with Crippen LogP contribution in [0.2, 0.25) is 5.02 Å². The first-order valence-corrected chi connectivity index (χ1v) is 7.75. The van der Waals surface area contributed by atoms with Crippen molar-refractivity contribution >= 4 is 17.5 Å². The molecule has 1 aromatic rings. The molecule has 110 valence electrons. The molecule has 0 aliphatic heterocycles. The Morgan fingerprint density at radius 1 is 1.20 bits per heavy atom. The highest BCUT2D eigenvalue weighted by Crippen LogP contribution is 2.19. The fraction of sp³-hybridized carbons (Fsp3) is 0.562. The Kier molecular flexibility index (Phi) is 5.72.